The minimum absolute atomic E-state index is 0.0125. The van der Waals surface area contributed by atoms with Crippen molar-refractivity contribution in [1.82, 2.24) is 0 Å². The number of carbonyl (C=O) groups is 1. The van der Waals surface area contributed by atoms with Gasteiger partial charge in [0.15, 0.2) is 0 Å². The maximum Gasteiger partial charge on any atom is 0.309 e. The summed E-state index contributed by atoms with van der Waals surface area (Å²) in [7, 11) is 0. The fourth-order valence-corrected chi connectivity index (χ4v) is 2.49. The van der Waals surface area contributed by atoms with Crippen molar-refractivity contribution in [2.24, 2.45) is 5.92 Å². The molecule has 2 atom stereocenters. The number of hydrogen-bond acceptors (Lipinski definition) is 2. The number of aliphatic carboxylic acids is 1. The van der Waals surface area contributed by atoms with Crippen LogP contribution in [0.3, 0.4) is 0 Å². The fraction of sp³-hybridized carbons (Fsp3) is 0.188. The topological polar surface area (TPSA) is 57.5 Å². The van der Waals surface area contributed by atoms with Gasteiger partial charge < -0.3 is 10.2 Å². The van der Waals surface area contributed by atoms with Gasteiger partial charge in [0, 0.05) is 10.0 Å². The summed E-state index contributed by atoms with van der Waals surface area (Å²) in [6.07, 6.45) is -1.27. The van der Waals surface area contributed by atoms with Crippen LogP contribution in [0.5, 0.6) is 0 Å². The number of aliphatic hydroxyl groups excluding tert-OH is 1. The Bertz CT molecular complexity index is 631. The molecule has 0 aliphatic rings. The monoisotopic (exact) mass is 352 g/mol. The molecule has 0 aliphatic heterocycles. The van der Waals surface area contributed by atoms with Gasteiger partial charge in [-0.2, -0.15) is 0 Å². The highest BCUT2D eigenvalue weighted by Crippen LogP contribution is 2.29. The predicted octanol–water partition coefficient (Wildman–Crippen LogP) is 3.57. The van der Waals surface area contributed by atoms with Gasteiger partial charge in [-0.1, -0.05) is 52.3 Å². The number of benzene rings is 2. The van der Waals surface area contributed by atoms with Gasteiger partial charge in [-0.3, -0.25) is 4.79 Å². The zero-order valence-electron chi connectivity index (χ0n) is 11.0. The van der Waals surface area contributed by atoms with Gasteiger partial charge in [0.25, 0.3) is 0 Å². The Labute approximate surface area is 130 Å². The van der Waals surface area contributed by atoms with Gasteiger partial charge in [-0.05, 0) is 24.1 Å². The molecule has 0 radical (unpaired) electrons. The number of hydrogen-bond donors (Lipinski definition) is 2. The number of rotatable bonds is 5. The molecule has 3 nitrogen and oxygen atoms in total. The second-order valence-electron chi connectivity index (χ2n) is 4.75. The van der Waals surface area contributed by atoms with Crippen LogP contribution in [0, 0.1) is 11.7 Å². The van der Waals surface area contributed by atoms with Crippen LogP contribution in [0.25, 0.3) is 0 Å². The van der Waals surface area contributed by atoms with Gasteiger partial charge in [-0.15, -0.1) is 0 Å². The molecule has 2 rings (SSSR count). The van der Waals surface area contributed by atoms with Crippen LogP contribution in [0.2, 0.25) is 0 Å². The van der Waals surface area contributed by atoms with Gasteiger partial charge in [0.1, 0.15) is 5.82 Å². The maximum atomic E-state index is 13.9. The Balaban J connectivity index is 2.27. The Hall–Kier alpha value is -1.72. The summed E-state index contributed by atoms with van der Waals surface area (Å²) >= 11 is 3.13. The van der Waals surface area contributed by atoms with E-state index >= 15 is 0 Å². The Morgan fingerprint density at radius 3 is 2.43 bits per heavy atom. The SMILES string of the molecule is O=C(O)[C@H](Cc1ccccc1)[C@@H](O)c1ccc(Br)cc1F. The minimum atomic E-state index is -1.41. The standard InChI is InChI=1S/C16H14BrFO3/c17-11-6-7-12(14(18)9-11)15(19)13(16(20)21)8-10-4-2-1-3-5-10/h1-7,9,13,15,19H,8H2,(H,20,21)/t13-,15+/m1/s1. The van der Waals surface area contributed by atoms with Crippen LogP contribution in [0.1, 0.15) is 17.2 Å². The molecular weight excluding hydrogens is 339 g/mol. The van der Waals surface area contributed by atoms with E-state index in [2.05, 4.69) is 15.9 Å². The lowest BCUT2D eigenvalue weighted by molar-refractivity contribution is -0.145. The van der Waals surface area contributed by atoms with E-state index in [4.69, 9.17) is 0 Å². The van der Waals surface area contributed by atoms with Crippen LogP contribution >= 0.6 is 15.9 Å². The molecule has 110 valence electrons. The van der Waals surface area contributed by atoms with Crippen molar-refractivity contribution in [2.75, 3.05) is 0 Å². The second kappa shape index (κ2) is 6.83. The summed E-state index contributed by atoms with van der Waals surface area (Å²) in [6.45, 7) is 0. The predicted molar refractivity (Wildman–Crippen MR) is 80.3 cm³/mol. The molecule has 0 bridgehead atoms. The first-order chi connectivity index (χ1) is 9.99. The molecule has 0 aliphatic carbocycles. The first-order valence-electron chi connectivity index (χ1n) is 6.39. The number of carboxylic acids is 1. The van der Waals surface area contributed by atoms with Crippen LogP contribution in [-0.4, -0.2) is 16.2 Å². The Kier molecular flexibility index (Phi) is 5.09. The highest BCUT2D eigenvalue weighted by Gasteiger charge is 2.29. The van der Waals surface area contributed by atoms with Crippen molar-refractivity contribution in [1.29, 1.82) is 0 Å². The number of halogens is 2. The van der Waals surface area contributed by atoms with Gasteiger partial charge >= 0.3 is 5.97 Å². The Morgan fingerprint density at radius 2 is 1.86 bits per heavy atom. The van der Waals surface area contributed by atoms with E-state index in [0.29, 0.717) is 4.47 Å². The second-order valence-corrected chi connectivity index (χ2v) is 5.66. The van der Waals surface area contributed by atoms with E-state index in [0.717, 1.165) is 5.56 Å². The first kappa shape index (κ1) is 15.7. The van der Waals surface area contributed by atoms with Crippen molar-refractivity contribution < 1.29 is 19.4 Å². The third-order valence-corrected chi connectivity index (χ3v) is 3.77. The van der Waals surface area contributed by atoms with E-state index in [9.17, 15) is 19.4 Å². The van der Waals surface area contributed by atoms with E-state index in [1.807, 2.05) is 6.07 Å². The average Bonchev–Trinajstić information content (AvgIpc) is 2.45. The molecule has 2 aromatic rings. The molecular formula is C16H14BrFO3. The van der Waals surface area contributed by atoms with Crippen LogP contribution in [0.15, 0.2) is 53.0 Å². The quantitative estimate of drug-likeness (QED) is 0.864. The normalized spacial score (nSPS) is 13.7. The van der Waals surface area contributed by atoms with Crippen molar-refractivity contribution in [3.05, 3.63) is 69.9 Å². The molecule has 21 heavy (non-hydrogen) atoms. The van der Waals surface area contributed by atoms with Crippen molar-refractivity contribution in [2.45, 2.75) is 12.5 Å². The summed E-state index contributed by atoms with van der Waals surface area (Å²) < 4.78 is 14.4. The van der Waals surface area contributed by atoms with Crippen molar-refractivity contribution in [3.8, 4) is 0 Å². The van der Waals surface area contributed by atoms with Gasteiger partial charge in [0.2, 0.25) is 0 Å². The number of aliphatic hydroxyl groups is 1. The van der Waals surface area contributed by atoms with Crippen molar-refractivity contribution in [3.63, 3.8) is 0 Å². The molecule has 0 saturated carbocycles. The van der Waals surface area contributed by atoms with Crippen LogP contribution in [0.4, 0.5) is 4.39 Å². The lowest BCUT2D eigenvalue weighted by atomic mass is 9.89. The third kappa shape index (κ3) is 3.89. The first-order valence-corrected chi connectivity index (χ1v) is 7.18. The molecule has 0 fully saturated rings. The minimum Gasteiger partial charge on any atom is -0.481 e. The molecule has 0 aromatic heterocycles. The average molecular weight is 353 g/mol. The van der Waals surface area contributed by atoms with E-state index in [-0.39, 0.29) is 12.0 Å². The van der Waals surface area contributed by atoms with Crippen LogP contribution < -0.4 is 0 Å². The lowest BCUT2D eigenvalue weighted by Gasteiger charge is -2.20. The number of carboxylic acid groups (broad SMARTS) is 1. The zero-order chi connectivity index (χ0) is 15.4. The third-order valence-electron chi connectivity index (χ3n) is 3.28. The summed E-state index contributed by atoms with van der Waals surface area (Å²) in [6, 6.07) is 13.1. The lowest BCUT2D eigenvalue weighted by Crippen LogP contribution is -2.25. The summed E-state index contributed by atoms with van der Waals surface area (Å²) in [4.78, 5) is 11.4. The van der Waals surface area contributed by atoms with E-state index in [1.165, 1.54) is 12.1 Å². The highest BCUT2D eigenvalue weighted by molar-refractivity contribution is 9.10. The fourth-order valence-electron chi connectivity index (χ4n) is 2.16. The smallest absolute Gasteiger partial charge is 0.309 e. The molecule has 0 unspecified atom stereocenters. The highest BCUT2D eigenvalue weighted by atomic mass is 79.9. The summed E-state index contributed by atoms with van der Waals surface area (Å²) in [5.74, 6) is -2.90. The molecule has 2 N–H and O–H groups in total. The van der Waals surface area contributed by atoms with E-state index < -0.39 is 23.8 Å². The molecule has 0 amide bonds. The zero-order valence-corrected chi connectivity index (χ0v) is 12.6. The molecule has 5 heteroatoms. The largest absolute Gasteiger partial charge is 0.481 e. The summed E-state index contributed by atoms with van der Waals surface area (Å²) in [5.41, 5.74) is 0.767. The molecule has 0 heterocycles. The molecule has 0 spiro atoms. The molecule has 0 saturated heterocycles. The molecule has 2 aromatic carbocycles. The maximum absolute atomic E-state index is 13.9. The Morgan fingerprint density at radius 1 is 1.19 bits per heavy atom. The van der Waals surface area contributed by atoms with E-state index in [1.54, 1.807) is 30.3 Å². The van der Waals surface area contributed by atoms with Crippen LogP contribution in [-0.2, 0) is 11.2 Å². The summed E-state index contributed by atoms with van der Waals surface area (Å²) in [5, 5.41) is 19.6. The van der Waals surface area contributed by atoms with Crippen molar-refractivity contribution >= 4 is 21.9 Å². The van der Waals surface area contributed by atoms with Gasteiger partial charge in [0.05, 0.1) is 12.0 Å². The van der Waals surface area contributed by atoms with Gasteiger partial charge in [-0.25, -0.2) is 4.39 Å².